The van der Waals surface area contributed by atoms with Crippen molar-refractivity contribution in [1.82, 2.24) is 0 Å². The third-order valence-corrected chi connectivity index (χ3v) is 10.9. The number of carboxylic acid groups (broad SMARTS) is 1. The minimum Gasteiger partial charge on any atom is -0.480 e. The van der Waals surface area contributed by atoms with Gasteiger partial charge in [-0.15, -0.1) is 0 Å². The van der Waals surface area contributed by atoms with Gasteiger partial charge in [0, 0.05) is 12.8 Å². The summed E-state index contributed by atoms with van der Waals surface area (Å²) in [7, 11) is -4.73. The van der Waals surface area contributed by atoms with Gasteiger partial charge in [0.2, 0.25) is 0 Å². The summed E-state index contributed by atoms with van der Waals surface area (Å²) >= 11 is 0. The smallest absolute Gasteiger partial charge is 0.472 e. The van der Waals surface area contributed by atoms with E-state index in [2.05, 4.69) is 30.5 Å². The molecule has 0 aromatic rings. The summed E-state index contributed by atoms with van der Waals surface area (Å²) < 4.78 is 32.7. The molecule has 0 radical (unpaired) electrons. The molecule has 0 bridgehead atoms. The molecule has 0 aromatic heterocycles. The molecule has 0 fully saturated rings. The number of unbranched alkanes of at least 4 members (excludes halogenated alkanes) is 24. The largest absolute Gasteiger partial charge is 0.480 e. The van der Waals surface area contributed by atoms with Gasteiger partial charge in [-0.2, -0.15) is 0 Å². The van der Waals surface area contributed by atoms with Crippen LogP contribution in [0.1, 0.15) is 200 Å². The van der Waals surface area contributed by atoms with Crippen LogP contribution in [0.25, 0.3) is 0 Å². The zero-order valence-electron chi connectivity index (χ0n) is 37.1. The molecule has 0 saturated heterocycles. The van der Waals surface area contributed by atoms with Crippen molar-refractivity contribution in [2.45, 2.75) is 212 Å². The molecule has 3 atom stereocenters. The molecule has 4 N–H and O–H groups in total. The van der Waals surface area contributed by atoms with Gasteiger partial charge in [0.1, 0.15) is 12.6 Å². The van der Waals surface area contributed by atoms with Gasteiger partial charge < -0.3 is 25.2 Å². The molecular weight excluding hydrogens is 769 g/mol. The molecule has 0 aromatic carbocycles. The third-order valence-electron chi connectivity index (χ3n) is 9.94. The molecule has 342 valence electrons. The third kappa shape index (κ3) is 41.9. The van der Waals surface area contributed by atoms with Crippen LogP contribution in [0.15, 0.2) is 48.6 Å². The Hall–Kier alpha value is -2.56. The lowest BCUT2D eigenvalue weighted by molar-refractivity contribution is -0.161. The molecule has 0 aliphatic heterocycles. The monoisotopic (exact) mass is 854 g/mol. The van der Waals surface area contributed by atoms with Crippen LogP contribution in [-0.4, -0.2) is 59.9 Å². The van der Waals surface area contributed by atoms with E-state index in [1.165, 1.54) is 116 Å². The number of hydrogen-bond acceptors (Lipinski definition) is 9. The van der Waals surface area contributed by atoms with Crippen LogP contribution in [0.3, 0.4) is 0 Å². The number of rotatable bonds is 43. The molecule has 0 amide bonds. The lowest BCUT2D eigenvalue weighted by atomic mass is 10.0. The average molecular weight is 854 g/mol. The number of carbonyl (C=O) groups excluding carboxylic acids is 2. The fourth-order valence-electron chi connectivity index (χ4n) is 6.31. The van der Waals surface area contributed by atoms with Crippen LogP contribution >= 0.6 is 7.82 Å². The Morgan fingerprint density at radius 2 is 0.949 bits per heavy atom. The summed E-state index contributed by atoms with van der Waals surface area (Å²) in [6.45, 7) is 2.64. The van der Waals surface area contributed by atoms with Crippen molar-refractivity contribution in [3.63, 3.8) is 0 Å². The Bertz CT molecular complexity index is 1190. The predicted molar refractivity (Wildman–Crippen MR) is 240 cm³/mol. The first-order chi connectivity index (χ1) is 28.6. The number of phosphoric acid groups is 1. The standard InChI is InChI=1S/C47H84NO10P/c1-3-5-7-9-11-13-15-17-18-19-20-21-22-23-24-25-27-28-30-32-34-36-38-45(49)55-40-43(41-56-59(53,54)57-42-44(48)47(51)52)58-46(50)39-37-35-33-31-29-26-16-14-12-10-8-6-4-2/h6,8,10,12,14,16,26,29,43-44H,3-5,7,9,11,13,15,17-25,27-28,30-42,48H2,1-2H3,(H,51,52)(H,53,54)/b8-6+,12-10+,16-14+,29-26+/t43?,44-/m1/s1. The number of carbonyl (C=O) groups is 3. The van der Waals surface area contributed by atoms with Crippen LogP contribution < -0.4 is 5.73 Å². The van der Waals surface area contributed by atoms with Gasteiger partial charge >= 0.3 is 25.7 Å². The van der Waals surface area contributed by atoms with E-state index in [1.54, 1.807) is 0 Å². The summed E-state index contributed by atoms with van der Waals surface area (Å²) in [5.41, 5.74) is 5.33. The highest BCUT2D eigenvalue weighted by atomic mass is 31.2. The van der Waals surface area contributed by atoms with E-state index in [0.29, 0.717) is 12.8 Å². The van der Waals surface area contributed by atoms with E-state index in [1.807, 2.05) is 36.5 Å². The number of allylic oxidation sites excluding steroid dienone is 8. The minimum absolute atomic E-state index is 0.115. The van der Waals surface area contributed by atoms with Gasteiger partial charge in [0.25, 0.3) is 0 Å². The van der Waals surface area contributed by atoms with Gasteiger partial charge in [0.05, 0.1) is 13.2 Å². The lowest BCUT2D eigenvalue weighted by Crippen LogP contribution is -2.34. The van der Waals surface area contributed by atoms with E-state index in [4.69, 9.17) is 24.8 Å². The van der Waals surface area contributed by atoms with Crippen LogP contribution in [0.4, 0.5) is 0 Å². The highest BCUT2D eigenvalue weighted by Crippen LogP contribution is 2.43. The summed E-state index contributed by atoms with van der Waals surface area (Å²) in [6.07, 6.45) is 47.7. The Labute approximate surface area is 358 Å². The first-order valence-corrected chi connectivity index (χ1v) is 24.7. The maximum absolute atomic E-state index is 12.6. The van der Waals surface area contributed by atoms with Crippen LogP contribution in [0.5, 0.6) is 0 Å². The fourth-order valence-corrected chi connectivity index (χ4v) is 7.09. The van der Waals surface area contributed by atoms with Gasteiger partial charge in [-0.1, -0.05) is 204 Å². The molecule has 0 spiro atoms. The zero-order valence-corrected chi connectivity index (χ0v) is 38.0. The van der Waals surface area contributed by atoms with Crippen LogP contribution in [0.2, 0.25) is 0 Å². The van der Waals surface area contributed by atoms with Gasteiger partial charge in [0.15, 0.2) is 6.10 Å². The molecule has 0 aliphatic rings. The summed E-state index contributed by atoms with van der Waals surface area (Å²) in [5.74, 6) is -2.42. The predicted octanol–water partition coefficient (Wildman–Crippen LogP) is 12.6. The molecule has 11 nitrogen and oxygen atoms in total. The maximum atomic E-state index is 12.6. The minimum atomic E-state index is -4.73. The first kappa shape index (κ1) is 56.4. The number of ether oxygens (including phenoxy) is 2. The van der Waals surface area contributed by atoms with Crippen molar-refractivity contribution in [3.05, 3.63) is 48.6 Å². The second kappa shape index (κ2) is 42.1. The van der Waals surface area contributed by atoms with Crippen molar-refractivity contribution >= 4 is 25.7 Å². The molecule has 2 unspecified atom stereocenters. The molecule has 0 heterocycles. The summed E-state index contributed by atoms with van der Waals surface area (Å²) in [4.78, 5) is 46.0. The van der Waals surface area contributed by atoms with Crippen molar-refractivity contribution in [3.8, 4) is 0 Å². The number of phosphoric ester groups is 1. The quantitative estimate of drug-likeness (QED) is 0.0231. The van der Waals surface area contributed by atoms with Crippen LogP contribution in [0, 0.1) is 0 Å². The summed E-state index contributed by atoms with van der Waals surface area (Å²) in [5, 5.41) is 8.89. The zero-order chi connectivity index (χ0) is 43.5. The van der Waals surface area contributed by atoms with Crippen molar-refractivity contribution in [1.29, 1.82) is 0 Å². The van der Waals surface area contributed by atoms with Crippen molar-refractivity contribution in [2.24, 2.45) is 5.73 Å². The number of esters is 2. The number of aliphatic carboxylic acids is 1. The van der Waals surface area contributed by atoms with E-state index in [0.717, 1.165) is 44.9 Å². The van der Waals surface area contributed by atoms with Gasteiger partial charge in [-0.3, -0.25) is 23.4 Å². The fraction of sp³-hybridized carbons (Fsp3) is 0.766. The van der Waals surface area contributed by atoms with Gasteiger partial charge in [-0.05, 0) is 32.1 Å². The highest BCUT2D eigenvalue weighted by Gasteiger charge is 2.28. The molecule has 12 heteroatoms. The van der Waals surface area contributed by atoms with E-state index in [9.17, 15) is 23.8 Å². The van der Waals surface area contributed by atoms with E-state index in [-0.39, 0.29) is 19.4 Å². The maximum Gasteiger partial charge on any atom is 0.472 e. The number of carboxylic acids is 1. The normalized spacial score (nSPS) is 14.1. The summed E-state index contributed by atoms with van der Waals surface area (Å²) in [6, 6.07) is -1.53. The van der Waals surface area contributed by atoms with Crippen LogP contribution in [-0.2, 0) is 37.5 Å². The van der Waals surface area contributed by atoms with Gasteiger partial charge in [-0.25, -0.2) is 4.57 Å². The molecule has 0 rings (SSSR count). The SMILES string of the molecule is CC/C=C/C=C/C=C/C=C/CCCCCC(=O)OC(COC(=O)CCCCCCCCCCCCCCCCCCCCCCCC)COP(=O)(O)OC[C@@H](N)C(=O)O. The Kier molecular flexibility index (Phi) is 40.3. The molecule has 59 heavy (non-hydrogen) atoms. The first-order valence-electron chi connectivity index (χ1n) is 23.2. The van der Waals surface area contributed by atoms with E-state index < -0.39 is 51.1 Å². The van der Waals surface area contributed by atoms with Crippen molar-refractivity contribution in [2.75, 3.05) is 19.8 Å². The highest BCUT2D eigenvalue weighted by molar-refractivity contribution is 7.47. The topological polar surface area (TPSA) is 172 Å². The second-order valence-electron chi connectivity index (χ2n) is 15.6. The number of nitrogens with two attached hydrogens (primary N) is 1. The lowest BCUT2D eigenvalue weighted by Gasteiger charge is -2.20. The van der Waals surface area contributed by atoms with E-state index >= 15 is 0 Å². The molecular formula is C47H84NO10P. The Morgan fingerprint density at radius 1 is 0.542 bits per heavy atom. The average Bonchev–Trinajstić information content (AvgIpc) is 3.21. The molecule has 0 saturated carbocycles. The molecule has 0 aliphatic carbocycles. The Balaban J connectivity index is 4.25. The van der Waals surface area contributed by atoms with Crippen molar-refractivity contribution < 1.29 is 47.5 Å². The second-order valence-corrected chi connectivity index (χ2v) is 17.1. The number of hydrogen-bond donors (Lipinski definition) is 3. The Morgan fingerprint density at radius 3 is 1.42 bits per heavy atom.